The van der Waals surface area contributed by atoms with Crippen LogP contribution >= 0.6 is 0 Å². The van der Waals surface area contributed by atoms with E-state index in [0.717, 1.165) is 0 Å². The van der Waals surface area contributed by atoms with Crippen LogP contribution in [0.15, 0.2) is 52.6 Å². The summed E-state index contributed by atoms with van der Waals surface area (Å²) < 4.78 is 42.4. The fourth-order valence-electron chi connectivity index (χ4n) is 3.05. The minimum absolute atomic E-state index is 0.0860. The summed E-state index contributed by atoms with van der Waals surface area (Å²) in [5.74, 6) is -0.204. The van der Waals surface area contributed by atoms with Crippen molar-refractivity contribution in [2.45, 2.75) is 45.7 Å². The third-order valence-electron chi connectivity index (χ3n) is 4.88. The maximum absolute atomic E-state index is 14.6. The minimum Gasteiger partial charge on any atom is -0.366 e. The van der Waals surface area contributed by atoms with Gasteiger partial charge < -0.3 is 15.1 Å². The van der Waals surface area contributed by atoms with Gasteiger partial charge in [-0.15, -0.1) is 0 Å². The summed E-state index contributed by atoms with van der Waals surface area (Å²) in [5, 5.41) is 3.16. The van der Waals surface area contributed by atoms with E-state index in [0.29, 0.717) is 29.1 Å². The zero-order chi connectivity index (χ0) is 22.8. The first-order valence-corrected chi connectivity index (χ1v) is 10.00. The largest absolute Gasteiger partial charge is 0.366 e. The van der Waals surface area contributed by atoms with Crippen molar-refractivity contribution in [2.75, 3.05) is 27.2 Å². The van der Waals surface area contributed by atoms with E-state index in [1.165, 1.54) is 18.7 Å². The molecule has 0 radical (unpaired) electrons. The summed E-state index contributed by atoms with van der Waals surface area (Å²) in [6.07, 6.45) is 1.12. The molecule has 8 heteroatoms. The minimum atomic E-state index is -2.20. The number of dihydropyridines is 1. The number of hydrogen-bond donors (Lipinski definition) is 1. The maximum Gasteiger partial charge on any atom is 0.214 e. The van der Waals surface area contributed by atoms with Gasteiger partial charge in [0.15, 0.2) is 6.17 Å². The van der Waals surface area contributed by atoms with Crippen LogP contribution in [-0.4, -0.2) is 68.1 Å². The van der Waals surface area contributed by atoms with E-state index in [9.17, 15) is 18.0 Å². The topological polar surface area (TPSA) is 47.9 Å². The standard InChI is InChI=1S/C22H33F3N4O/c1-7-9-26-11-15(3)13-29(14-30)19-10-17(12-27-22(19)28(5)6)16(4)20(24)21(25)18(23)8-2/h7,9-11,14,16,18,20-21,27H,3,8,12-13H2,1-2,4-6H3/b9-7-,26-11?. The lowest BCUT2D eigenvalue weighted by Crippen LogP contribution is -2.40. The second-order valence-corrected chi connectivity index (χ2v) is 7.45. The molecule has 1 rings (SSSR count). The molecule has 0 aromatic carbocycles. The average Bonchev–Trinajstić information content (AvgIpc) is 2.74. The number of nitrogens with zero attached hydrogens (tertiary/aromatic N) is 3. The number of allylic oxidation sites excluding steroid dienone is 2. The van der Waals surface area contributed by atoms with Crippen molar-refractivity contribution in [2.24, 2.45) is 10.9 Å². The van der Waals surface area contributed by atoms with E-state index in [1.54, 1.807) is 43.6 Å². The molecule has 0 aromatic rings. The number of alkyl halides is 3. The molecule has 1 heterocycles. The number of halogens is 3. The van der Waals surface area contributed by atoms with E-state index >= 15 is 0 Å². The Morgan fingerprint density at radius 1 is 1.33 bits per heavy atom. The molecule has 1 aliphatic rings. The monoisotopic (exact) mass is 426 g/mol. The highest BCUT2D eigenvalue weighted by molar-refractivity contribution is 5.79. The highest BCUT2D eigenvalue weighted by Gasteiger charge is 2.35. The van der Waals surface area contributed by atoms with Crippen LogP contribution in [-0.2, 0) is 4.79 Å². The van der Waals surface area contributed by atoms with Gasteiger partial charge >= 0.3 is 0 Å². The van der Waals surface area contributed by atoms with Crippen LogP contribution in [0.2, 0.25) is 0 Å². The quantitative estimate of drug-likeness (QED) is 0.380. The SMILES string of the molecule is C=C(C=N/C=C\C)CN(C=O)C1=C(N(C)C)NCC(C(C)C(F)C(F)C(F)CC)=C1. The van der Waals surface area contributed by atoms with Crippen LogP contribution in [0.5, 0.6) is 0 Å². The summed E-state index contributed by atoms with van der Waals surface area (Å²) in [6.45, 7) is 9.18. The number of rotatable bonds is 12. The number of carbonyl (C=O) groups is 1. The maximum atomic E-state index is 14.6. The van der Waals surface area contributed by atoms with Gasteiger partial charge in [-0.2, -0.15) is 0 Å². The van der Waals surface area contributed by atoms with Crippen molar-refractivity contribution < 1.29 is 18.0 Å². The highest BCUT2D eigenvalue weighted by atomic mass is 19.2. The molecular weight excluding hydrogens is 393 g/mol. The molecule has 0 fully saturated rings. The van der Waals surface area contributed by atoms with E-state index in [2.05, 4.69) is 16.9 Å². The van der Waals surface area contributed by atoms with Crippen molar-refractivity contribution in [1.29, 1.82) is 0 Å². The van der Waals surface area contributed by atoms with E-state index in [4.69, 9.17) is 0 Å². The summed E-state index contributed by atoms with van der Waals surface area (Å²) in [7, 11) is 3.61. The molecule has 5 nitrogen and oxygen atoms in total. The molecule has 4 unspecified atom stereocenters. The number of carbonyl (C=O) groups excluding carboxylic acids is 1. The lowest BCUT2D eigenvalue weighted by molar-refractivity contribution is -0.116. The molecule has 0 saturated carbocycles. The second kappa shape index (κ2) is 12.2. The van der Waals surface area contributed by atoms with Crippen molar-refractivity contribution in [3.05, 3.63) is 47.6 Å². The van der Waals surface area contributed by atoms with E-state index in [-0.39, 0.29) is 19.5 Å². The van der Waals surface area contributed by atoms with Crippen LogP contribution in [0.25, 0.3) is 0 Å². The Hall–Kier alpha value is -2.51. The Bertz CT molecular complexity index is 715. The molecule has 168 valence electrons. The molecule has 0 aromatic heterocycles. The molecule has 1 aliphatic heterocycles. The Kier molecular flexibility index (Phi) is 10.4. The number of amides is 1. The fraction of sp³-hybridized carbons (Fsp3) is 0.545. The van der Waals surface area contributed by atoms with Crippen LogP contribution in [0.3, 0.4) is 0 Å². The second-order valence-electron chi connectivity index (χ2n) is 7.45. The van der Waals surface area contributed by atoms with Gasteiger partial charge in [0.05, 0.1) is 12.2 Å². The predicted octanol–water partition coefficient (Wildman–Crippen LogP) is 3.93. The van der Waals surface area contributed by atoms with Gasteiger partial charge in [-0.1, -0.05) is 26.5 Å². The Balaban J connectivity index is 3.19. The summed E-state index contributed by atoms with van der Waals surface area (Å²) in [6, 6.07) is 0. The van der Waals surface area contributed by atoms with Crippen molar-refractivity contribution in [1.82, 2.24) is 15.1 Å². The lowest BCUT2D eigenvalue weighted by Gasteiger charge is -2.33. The Labute approximate surface area is 177 Å². The van der Waals surface area contributed by atoms with Gasteiger partial charge in [-0.25, -0.2) is 13.2 Å². The lowest BCUT2D eigenvalue weighted by atomic mass is 9.89. The Morgan fingerprint density at radius 3 is 2.53 bits per heavy atom. The Morgan fingerprint density at radius 2 is 2.00 bits per heavy atom. The van der Waals surface area contributed by atoms with Gasteiger partial charge in [0.1, 0.15) is 18.2 Å². The third kappa shape index (κ3) is 6.78. The van der Waals surface area contributed by atoms with Crippen LogP contribution < -0.4 is 5.32 Å². The first-order chi connectivity index (χ1) is 14.2. The van der Waals surface area contributed by atoms with Crippen LogP contribution in [0.4, 0.5) is 13.2 Å². The normalized spacial score (nSPS) is 18.6. The molecule has 0 bridgehead atoms. The van der Waals surface area contributed by atoms with Gasteiger partial charge in [0.2, 0.25) is 6.41 Å². The average molecular weight is 427 g/mol. The fourth-order valence-corrected chi connectivity index (χ4v) is 3.05. The summed E-state index contributed by atoms with van der Waals surface area (Å²) >= 11 is 0. The van der Waals surface area contributed by atoms with Gasteiger partial charge in [-0.3, -0.25) is 9.79 Å². The molecule has 4 atom stereocenters. The zero-order valence-electron chi connectivity index (χ0n) is 18.4. The molecule has 30 heavy (non-hydrogen) atoms. The van der Waals surface area contributed by atoms with Gasteiger partial charge in [-0.05, 0) is 30.6 Å². The summed E-state index contributed by atoms with van der Waals surface area (Å²) in [4.78, 5) is 19.1. The summed E-state index contributed by atoms with van der Waals surface area (Å²) in [5.41, 5.74) is 1.64. The first kappa shape index (κ1) is 25.5. The smallest absolute Gasteiger partial charge is 0.214 e. The highest BCUT2D eigenvalue weighted by Crippen LogP contribution is 2.29. The molecule has 1 N–H and O–H groups in total. The number of aliphatic imine (C=N–C) groups is 1. The number of nitrogens with one attached hydrogen (secondary N) is 1. The first-order valence-electron chi connectivity index (χ1n) is 10.00. The van der Waals surface area contributed by atoms with Crippen molar-refractivity contribution in [3.63, 3.8) is 0 Å². The van der Waals surface area contributed by atoms with E-state index in [1.807, 2.05) is 6.92 Å². The van der Waals surface area contributed by atoms with Crippen LogP contribution in [0.1, 0.15) is 27.2 Å². The van der Waals surface area contributed by atoms with Crippen molar-refractivity contribution >= 4 is 12.6 Å². The number of hydrogen-bond acceptors (Lipinski definition) is 4. The molecule has 1 amide bonds. The third-order valence-corrected chi connectivity index (χ3v) is 4.88. The zero-order valence-corrected chi connectivity index (χ0v) is 18.4. The molecule has 0 saturated heterocycles. The molecule has 0 aliphatic carbocycles. The predicted molar refractivity (Wildman–Crippen MR) is 116 cm³/mol. The molecule has 0 spiro atoms. The van der Waals surface area contributed by atoms with E-state index < -0.39 is 24.4 Å². The van der Waals surface area contributed by atoms with Crippen molar-refractivity contribution in [3.8, 4) is 0 Å². The molecular formula is C22H33F3N4O. The van der Waals surface area contributed by atoms with Gasteiger partial charge in [0, 0.05) is 39.0 Å². The van der Waals surface area contributed by atoms with Crippen LogP contribution in [0, 0.1) is 5.92 Å². The van der Waals surface area contributed by atoms with Gasteiger partial charge in [0.25, 0.3) is 0 Å².